The normalized spacial score (nSPS) is 11.1. The molecule has 1 rings (SSSR count). The number of ether oxygens (including phenoxy) is 1. The first-order chi connectivity index (χ1) is 8.56. The van der Waals surface area contributed by atoms with Gasteiger partial charge < -0.3 is 15.2 Å². The highest BCUT2D eigenvalue weighted by Crippen LogP contribution is 2.12. The summed E-state index contributed by atoms with van der Waals surface area (Å²) in [7, 11) is 1.55. The third-order valence-corrected chi connectivity index (χ3v) is 2.36. The zero-order valence-electron chi connectivity index (χ0n) is 9.84. The zero-order valence-corrected chi connectivity index (χ0v) is 9.84. The van der Waals surface area contributed by atoms with E-state index in [-0.39, 0.29) is 6.42 Å². The van der Waals surface area contributed by atoms with Crippen molar-refractivity contribution in [3.8, 4) is 18.1 Å². The molecule has 0 unspecified atom stereocenters. The van der Waals surface area contributed by atoms with Crippen LogP contribution in [-0.4, -0.2) is 30.1 Å². The fraction of sp³-hybridized carbons (Fsp3) is 0.231. The number of carboxylic acid groups (broad SMARTS) is 1. The average Bonchev–Trinajstić information content (AvgIpc) is 2.37. The highest BCUT2D eigenvalue weighted by Gasteiger charge is 2.19. The molecule has 1 amide bonds. The zero-order chi connectivity index (χ0) is 13.5. The number of methoxy groups -OCH3 is 1. The van der Waals surface area contributed by atoms with Crippen molar-refractivity contribution < 1.29 is 19.4 Å². The largest absolute Gasteiger partial charge is 0.497 e. The monoisotopic (exact) mass is 247 g/mol. The molecule has 0 aromatic heterocycles. The maximum Gasteiger partial charge on any atom is 0.405 e. The van der Waals surface area contributed by atoms with Gasteiger partial charge in [-0.25, -0.2) is 4.79 Å². The molecule has 0 radical (unpaired) electrons. The number of ketones is 1. The number of hydrogen-bond donors (Lipinski definition) is 2. The van der Waals surface area contributed by atoms with Crippen LogP contribution in [0.4, 0.5) is 4.79 Å². The van der Waals surface area contributed by atoms with E-state index >= 15 is 0 Å². The lowest BCUT2D eigenvalue weighted by Crippen LogP contribution is -2.41. The Morgan fingerprint density at radius 2 is 2.06 bits per heavy atom. The van der Waals surface area contributed by atoms with E-state index < -0.39 is 17.9 Å². The SMILES string of the molecule is C#CC(=O)[C@H](Cc1ccc(OC)cc1)NC(=O)O. The minimum absolute atomic E-state index is 0.208. The Hall–Kier alpha value is -2.48. The van der Waals surface area contributed by atoms with Gasteiger partial charge in [0.15, 0.2) is 0 Å². The Kier molecular flexibility index (Phi) is 4.76. The number of amides is 1. The molecule has 0 fully saturated rings. The Morgan fingerprint density at radius 1 is 1.44 bits per heavy atom. The molecule has 1 aromatic rings. The summed E-state index contributed by atoms with van der Waals surface area (Å²) in [6.07, 6.45) is 3.92. The van der Waals surface area contributed by atoms with E-state index in [0.29, 0.717) is 5.75 Å². The van der Waals surface area contributed by atoms with Crippen LogP contribution in [0.15, 0.2) is 24.3 Å². The number of nitrogens with one attached hydrogen (secondary N) is 1. The first kappa shape index (κ1) is 13.6. The van der Waals surface area contributed by atoms with Crippen molar-refractivity contribution in [2.75, 3.05) is 7.11 Å². The fourth-order valence-electron chi connectivity index (χ4n) is 1.46. The van der Waals surface area contributed by atoms with Crippen molar-refractivity contribution in [3.63, 3.8) is 0 Å². The molecule has 0 bridgehead atoms. The minimum atomic E-state index is -1.28. The molecule has 94 valence electrons. The first-order valence-electron chi connectivity index (χ1n) is 5.19. The number of carbonyl (C=O) groups is 2. The van der Waals surface area contributed by atoms with Crippen LogP contribution in [0.1, 0.15) is 5.56 Å². The topological polar surface area (TPSA) is 75.6 Å². The molecule has 2 N–H and O–H groups in total. The average molecular weight is 247 g/mol. The van der Waals surface area contributed by atoms with E-state index in [0.717, 1.165) is 5.56 Å². The van der Waals surface area contributed by atoms with Crippen LogP contribution >= 0.6 is 0 Å². The molecule has 0 aliphatic heterocycles. The number of rotatable bonds is 5. The van der Waals surface area contributed by atoms with Gasteiger partial charge in [-0.05, 0) is 23.6 Å². The molecule has 0 saturated heterocycles. The van der Waals surface area contributed by atoms with Gasteiger partial charge in [0.05, 0.1) is 7.11 Å². The summed E-state index contributed by atoms with van der Waals surface area (Å²) in [5.41, 5.74) is 0.790. The molecule has 0 aliphatic rings. The maximum absolute atomic E-state index is 11.4. The number of terminal acetylenes is 1. The molecular formula is C13H13NO4. The molecule has 0 spiro atoms. The molecule has 1 aromatic carbocycles. The van der Waals surface area contributed by atoms with Crippen LogP contribution in [-0.2, 0) is 11.2 Å². The van der Waals surface area contributed by atoms with E-state index in [9.17, 15) is 9.59 Å². The standard InChI is InChI=1S/C13H13NO4/c1-3-12(15)11(14-13(16)17)8-9-4-6-10(18-2)7-5-9/h1,4-7,11,14H,8H2,2H3,(H,16,17)/t11-/m0/s1. The Morgan fingerprint density at radius 3 is 2.50 bits per heavy atom. The summed E-state index contributed by atoms with van der Waals surface area (Å²) < 4.78 is 5.00. The van der Waals surface area contributed by atoms with Gasteiger partial charge in [-0.2, -0.15) is 0 Å². The predicted octanol–water partition coefficient (Wildman–Crippen LogP) is 1.08. The molecule has 0 heterocycles. The summed E-state index contributed by atoms with van der Waals surface area (Å²) in [5.74, 6) is 2.02. The van der Waals surface area contributed by atoms with Crippen molar-refractivity contribution in [2.45, 2.75) is 12.5 Å². The van der Waals surface area contributed by atoms with Gasteiger partial charge in [-0.3, -0.25) is 4.79 Å². The van der Waals surface area contributed by atoms with Crippen molar-refractivity contribution in [3.05, 3.63) is 29.8 Å². The van der Waals surface area contributed by atoms with Gasteiger partial charge in [-0.1, -0.05) is 12.1 Å². The summed E-state index contributed by atoms with van der Waals surface area (Å²) in [5, 5.41) is 10.7. The molecule has 0 saturated carbocycles. The van der Waals surface area contributed by atoms with Gasteiger partial charge in [0.2, 0.25) is 5.78 Å². The lowest BCUT2D eigenvalue weighted by molar-refractivity contribution is -0.115. The predicted molar refractivity (Wildman–Crippen MR) is 65.5 cm³/mol. The fourth-order valence-corrected chi connectivity index (χ4v) is 1.46. The number of benzene rings is 1. The van der Waals surface area contributed by atoms with Gasteiger partial charge in [-0.15, -0.1) is 6.42 Å². The molecular weight excluding hydrogens is 234 g/mol. The summed E-state index contributed by atoms with van der Waals surface area (Å²) in [4.78, 5) is 22.0. The lowest BCUT2D eigenvalue weighted by Gasteiger charge is -2.13. The van der Waals surface area contributed by atoms with E-state index in [4.69, 9.17) is 16.3 Å². The molecule has 1 atom stereocenters. The van der Waals surface area contributed by atoms with Crippen LogP contribution in [0.5, 0.6) is 5.75 Å². The van der Waals surface area contributed by atoms with Gasteiger partial charge in [0, 0.05) is 6.42 Å². The smallest absolute Gasteiger partial charge is 0.405 e. The van der Waals surface area contributed by atoms with Crippen LogP contribution in [0.2, 0.25) is 0 Å². The lowest BCUT2D eigenvalue weighted by atomic mass is 10.0. The van der Waals surface area contributed by atoms with Gasteiger partial charge >= 0.3 is 6.09 Å². The summed E-state index contributed by atoms with van der Waals surface area (Å²) in [6.45, 7) is 0. The van der Waals surface area contributed by atoms with Crippen LogP contribution in [0.25, 0.3) is 0 Å². The van der Waals surface area contributed by atoms with Crippen molar-refractivity contribution in [1.29, 1.82) is 0 Å². The van der Waals surface area contributed by atoms with Crippen LogP contribution in [0, 0.1) is 12.3 Å². The summed E-state index contributed by atoms with van der Waals surface area (Å²) >= 11 is 0. The highest BCUT2D eigenvalue weighted by molar-refractivity contribution is 6.00. The second-order valence-corrected chi connectivity index (χ2v) is 3.56. The minimum Gasteiger partial charge on any atom is -0.497 e. The third-order valence-electron chi connectivity index (χ3n) is 2.36. The summed E-state index contributed by atoms with van der Waals surface area (Å²) in [6, 6.07) is 6.03. The van der Waals surface area contributed by atoms with E-state index in [1.807, 2.05) is 5.92 Å². The van der Waals surface area contributed by atoms with Crippen molar-refractivity contribution in [1.82, 2.24) is 5.32 Å². The number of carbonyl (C=O) groups excluding carboxylic acids is 1. The second-order valence-electron chi connectivity index (χ2n) is 3.56. The Bertz CT molecular complexity index is 473. The van der Waals surface area contributed by atoms with Crippen molar-refractivity contribution in [2.24, 2.45) is 0 Å². The third kappa shape index (κ3) is 3.83. The molecule has 5 nitrogen and oxygen atoms in total. The maximum atomic E-state index is 11.4. The van der Waals surface area contributed by atoms with Crippen LogP contribution in [0.3, 0.4) is 0 Å². The van der Waals surface area contributed by atoms with Gasteiger partial charge in [0.25, 0.3) is 0 Å². The van der Waals surface area contributed by atoms with Crippen LogP contribution < -0.4 is 10.1 Å². The first-order valence-corrected chi connectivity index (χ1v) is 5.19. The molecule has 18 heavy (non-hydrogen) atoms. The second kappa shape index (κ2) is 6.30. The Labute approximate surface area is 105 Å². The van der Waals surface area contributed by atoms with Crippen molar-refractivity contribution >= 4 is 11.9 Å². The number of Topliss-reactive ketones (excluding diaryl/α,β-unsaturated/α-hetero) is 1. The molecule has 0 aliphatic carbocycles. The number of hydrogen-bond acceptors (Lipinski definition) is 3. The quantitative estimate of drug-likeness (QED) is 0.603. The van der Waals surface area contributed by atoms with Gasteiger partial charge in [0.1, 0.15) is 11.8 Å². The molecule has 5 heteroatoms. The van der Waals surface area contributed by atoms with E-state index in [1.165, 1.54) is 0 Å². The van der Waals surface area contributed by atoms with E-state index in [2.05, 4.69) is 5.32 Å². The highest BCUT2D eigenvalue weighted by atomic mass is 16.5. The Balaban J connectivity index is 2.79. The van der Waals surface area contributed by atoms with E-state index in [1.54, 1.807) is 31.4 Å².